The van der Waals surface area contributed by atoms with Crippen molar-refractivity contribution in [1.82, 2.24) is 19.5 Å². The van der Waals surface area contributed by atoms with Gasteiger partial charge in [-0.2, -0.15) is 0 Å². The Hall–Kier alpha value is -2.76. The van der Waals surface area contributed by atoms with Gasteiger partial charge in [0.25, 0.3) is 5.56 Å². The number of hydrogen-bond donors (Lipinski definition) is 0. The Kier molecular flexibility index (Phi) is 3.35. The molecule has 0 N–H and O–H groups in total. The fourth-order valence-electron chi connectivity index (χ4n) is 2.05. The Bertz CT molecular complexity index is 840. The van der Waals surface area contributed by atoms with Crippen molar-refractivity contribution in [3.63, 3.8) is 0 Å². The lowest BCUT2D eigenvalue weighted by Gasteiger charge is -2.07. The van der Waals surface area contributed by atoms with Crippen molar-refractivity contribution in [1.29, 1.82) is 0 Å². The second-order valence-electron chi connectivity index (χ2n) is 4.71. The molecule has 0 aliphatic rings. The van der Waals surface area contributed by atoms with E-state index in [0.29, 0.717) is 28.9 Å². The molecule has 6 heteroatoms. The summed E-state index contributed by atoms with van der Waals surface area (Å²) in [6, 6.07) is 5.25. The first-order valence-corrected chi connectivity index (χ1v) is 6.48. The van der Waals surface area contributed by atoms with Crippen LogP contribution in [-0.2, 0) is 6.54 Å². The molecule has 2 aromatic heterocycles. The summed E-state index contributed by atoms with van der Waals surface area (Å²) in [6.07, 6.45) is 4.87. The summed E-state index contributed by atoms with van der Waals surface area (Å²) in [5.41, 5.74) is 2.08. The van der Waals surface area contributed by atoms with Gasteiger partial charge < -0.3 is 4.74 Å². The molecule has 3 aromatic rings. The van der Waals surface area contributed by atoms with Crippen LogP contribution < -0.4 is 10.3 Å². The van der Waals surface area contributed by atoms with E-state index in [-0.39, 0.29) is 5.56 Å². The third kappa shape index (κ3) is 2.60. The minimum Gasteiger partial charge on any atom is -0.497 e. The molecule has 0 saturated heterocycles. The van der Waals surface area contributed by atoms with Gasteiger partial charge in [0, 0.05) is 6.20 Å². The molecule has 0 spiro atoms. The molecule has 106 valence electrons. The molecule has 2 heterocycles. The second-order valence-corrected chi connectivity index (χ2v) is 4.71. The molecule has 0 aliphatic heterocycles. The highest BCUT2D eigenvalue weighted by Gasteiger charge is 2.07. The van der Waals surface area contributed by atoms with Crippen LogP contribution in [0.1, 0.15) is 11.4 Å². The predicted octanol–water partition coefficient (Wildman–Crippen LogP) is 1.55. The topological polar surface area (TPSA) is 69.9 Å². The molecular weight excluding hydrogens is 268 g/mol. The zero-order valence-corrected chi connectivity index (χ0v) is 11.8. The van der Waals surface area contributed by atoms with Crippen LogP contribution in [0, 0.1) is 6.92 Å². The largest absolute Gasteiger partial charge is 0.497 e. The Morgan fingerprint density at radius 1 is 1.19 bits per heavy atom. The first-order chi connectivity index (χ1) is 10.2. The summed E-state index contributed by atoms with van der Waals surface area (Å²) < 4.78 is 6.67. The van der Waals surface area contributed by atoms with E-state index in [1.807, 2.05) is 6.92 Å². The maximum absolute atomic E-state index is 12.5. The average molecular weight is 282 g/mol. The van der Waals surface area contributed by atoms with Crippen LogP contribution in [0.2, 0.25) is 0 Å². The Balaban J connectivity index is 2.04. The van der Waals surface area contributed by atoms with Crippen molar-refractivity contribution in [2.24, 2.45) is 0 Å². The van der Waals surface area contributed by atoms with Gasteiger partial charge in [0.1, 0.15) is 5.75 Å². The van der Waals surface area contributed by atoms with Crippen LogP contribution >= 0.6 is 0 Å². The molecule has 0 saturated carbocycles. The Morgan fingerprint density at radius 2 is 2.05 bits per heavy atom. The van der Waals surface area contributed by atoms with Crippen molar-refractivity contribution in [2.45, 2.75) is 13.5 Å². The van der Waals surface area contributed by atoms with E-state index in [9.17, 15) is 4.79 Å². The summed E-state index contributed by atoms with van der Waals surface area (Å²) >= 11 is 0. The van der Waals surface area contributed by atoms with Crippen LogP contribution in [0.25, 0.3) is 10.9 Å². The van der Waals surface area contributed by atoms with Crippen LogP contribution in [0.5, 0.6) is 5.75 Å². The molecule has 0 unspecified atom stereocenters. The summed E-state index contributed by atoms with van der Waals surface area (Å²) in [5.74, 6) is 0.634. The third-order valence-electron chi connectivity index (χ3n) is 3.20. The molecular formula is C15H14N4O2. The number of ether oxygens (including phenoxy) is 1. The maximum Gasteiger partial charge on any atom is 0.261 e. The summed E-state index contributed by atoms with van der Waals surface area (Å²) in [5, 5.41) is 0.525. The number of hydrogen-bond acceptors (Lipinski definition) is 5. The van der Waals surface area contributed by atoms with Gasteiger partial charge in [-0.05, 0) is 25.1 Å². The standard InChI is InChI=1S/C15H14N4O2/c1-10-6-17-11(7-16-10)8-19-9-18-14-4-3-12(21-2)5-13(14)15(19)20/h3-7,9H,8H2,1-2H3. The van der Waals surface area contributed by atoms with E-state index in [1.165, 1.54) is 10.9 Å². The van der Waals surface area contributed by atoms with E-state index in [0.717, 1.165) is 5.69 Å². The number of rotatable bonds is 3. The van der Waals surface area contributed by atoms with Crippen LogP contribution in [-0.4, -0.2) is 26.6 Å². The fraction of sp³-hybridized carbons (Fsp3) is 0.200. The van der Waals surface area contributed by atoms with Gasteiger partial charge in [0.2, 0.25) is 0 Å². The van der Waals surface area contributed by atoms with E-state index in [4.69, 9.17) is 4.74 Å². The van der Waals surface area contributed by atoms with Gasteiger partial charge in [-0.1, -0.05) is 0 Å². The third-order valence-corrected chi connectivity index (χ3v) is 3.20. The molecule has 21 heavy (non-hydrogen) atoms. The lowest BCUT2D eigenvalue weighted by molar-refractivity contribution is 0.415. The minimum atomic E-state index is -0.124. The summed E-state index contributed by atoms with van der Waals surface area (Å²) in [6.45, 7) is 2.21. The molecule has 0 aliphatic carbocycles. The number of benzene rings is 1. The average Bonchev–Trinajstić information content (AvgIpc) is 2.52. The molecule has 0 radical (unpaired) electrons. The van der Waals surface area contributed by atoms with Gasteiger partial charge in [-0.25, -0.2) is 4.98 Å². The van der Waals surface area contributed by atoms with Crippen molar-refractivity contribution in [2.75, 3.05) is 7.11 Å². The van der Waals surface area contributed by atoms with Crippen molar-refractivity contribution < 1.29 is 4.74 Å². The predicted molar refractivity (Wildman–Crippen MR) is 78.4 cm³/mol. The van der Waals surface area contributed by atoms with Gasteiger partial charge in [-0.3, -0.25) is 19.3 Å². The minimum absolute atomic E-state index is 0.124. The number of aromatic nitrogens is 4. The zero-order chi connectivity index (χ0) is 14.8. The zero-order valence-electron chi connectivity index (χ0n) is 11.8. The Labute approximate surface area is 121 Å². The lowest BCUT2D eigenvalue weighted by atomic mass is 10.2. The van der Waals surface area contributed by atoms with Crippen molar-refractivity contribution in [3.05, 3.63) is 58.7 Å². The first-order valence-electron chi connectivity index (χ1n) is 6.48. The summed E-state index contributed by atoms with van der Waals surface area (Å²) in [4.78, 5) is 25.2. The van der Waals surface area contributed by atoms with E-state index in [1.54, 1.807) is 37.7 Å². The quantitative estimate of drug-likeness (QED) is 0.729. The van der Waals surface area contributed by atoms with Crippen LogP contribution in [0.3, 0.4) is 0 Å². The maximum atomic E-state index is 12.5. The van der Waals surface area contributed by atoms with Gasteiger partial charge >= 0.3 is 0 Å². The molecule has 3 rings (SSSR count). The fourth-order valence-corrected chi connectivity index (χ4v) is 2.05. The van der Waals surface area contributed by atoms with E-state index >= 15 is 0 Å². The monoisotopic (exact) mass is 282 g/mol. The first kappa shape index (κ1) is 13.2. The molecule has 0 bridgehead atoms. The van der Waals surface area contributed by atoms with Gasteiger partial charge in [0.15, 0.2) is 0 Å². The number of methoxy groups -OCH3 is 1. The normalized spacial score (nSPS) is 10.8. The number of aryl methyl sites for hydroxylation is 1. The summed E-state index contributed by atoms with van der Waals surface area (Å²) in [7, 11) is 1.57. The van der Waals surface area contributed by atoms with Crippen LogP contribution in [0.4, 0.5) is 0 Å². The molecule has 1 aromatic carbocycles. The molecule has 0 fully saturated rings. The van der Waals surface area contributed by atoms with Gasteiger partial charge in [-0.15, -0.1) is 0 Å². The van der Waals surface area contributed by atoms with Crippen LogP contribution in [0.15, 0.2) is 41.7 Å². The van der Waals surface area contributed by atoms with Gasteiger partial charge in [0.05, 0.1) is 48.5 Å². The van der Waals surface area contributed by atoms with Crippen molar-refractivity contribution in [3.8, 4) is 5.75 Å². The Morgan fingerprint density at radius 3 is 2.76 bits per heavy atom. The number of nitrogens with zero attached hydrogens (tertiary/aromatic N) is 4. The van der Waals surface area contributed by atoms with E-state index in [2.05, 4.69) is 15.0 Å². The van der Waals surface area contributed by atoms with Crippen molar-refractivity contribution >= 4 is 10.9 Å². The second kappa shape index (κ2) is 5.32. The highest BCUT2D eigenvalue weighted by molar-refractivity contribution is 5.78. The molecule has 0 atom stereocenters. The highest BCUT2D eigenvalue weighted by Crippen LogP contribution is 2.15. The SMILES string of the molecule is COc1ccc2ncn(Cc3cnc(C)cn3)c(=O)c2c1. The highest BCUT2D eigenvalue weighted by atomic mass is 16.5. The smallest absolute Gasteiger partial charge is 0.261 e. The number of fused-ring (bicyclic) bond motifs is 1. The lowest BCUT2D eigenvalue weighted by Crippen LogP contribution is -2.21. The molecule has 6 nitrogen and oxygen atoms in total. The molecule has 0 amide bonds. The van der Waals surface area contributed by atoms with E-state index < -0.39 is 0 Å².